The molecule has 0 aliphatic heterocycles. The van der Waals surface area contributed by atoms with Crippen molar-refractivity contribution in [1.82, 2.24) is 5.32 Å². The molecule has 1 rings (SSSR count). The smallest absolute Gasteiger partial charge is 0.384 e. The SMILES string of the molecule is CC(O)(CNCCC(F)(F)F)c1cccc(C(F)(F)F)c1. The molecule has 1 aromatic rings. The number of aliphatic hydroxyl groups is 1. The monoisotopic (exact) mass is 315 g/mol. The lowest BCUT2D eigenvalue weighted by Crippen LogP contribution is -2.37. The van der Waals surface area contributed by atoms with E-state index in [2.05, 4.69) is 5.32 Å². The third kappa shape index (κ3) is 5.92. The summed E-state index contributed by atoms with van der Waals surface area (Å²) >= 11 is 0. The van der Waals surface area contributed by atoms with E-state index >= 15 is 0 Å². The Balaban J connectivity index is 2.70. The van der Waals surface area contributed by atoms with E-state index in [0.717, 1.165) is 18.2 Å². The maximum atomic E-state index is 12.6. The fourth-order valence-electron chi connectivity index (χ4n) is 1.69. The zero-order valence-electron chi connectivity index (χ0n) is 11.1. The number of alkyl halides is 6. The number of hydrogen-bond donors (Lipinski definition) is 2. The van der Waals surface area contributed by atoms with Gasteiger partial charge in [-0.15, -0.1) is 0 Å². The molecule has 0 radical (unpaired) electrons. The fourth-order valence-corrected chi connectivity index (χ4v) is 1.69. The van der Waals surface area contributed by atoms with Gasteiger partial charge in [0.25, 0.3) is 0 Å². The van der Waals surface area contributed by atoms with Crippen LogP contribution in [0, 0.1) is 0 Å². The van der Waals surface area contributed by atoms with Crippen molar-refractivity contribution in [3.63, 3.8) is 0 Å². The highest BCUT2D eigenvalue weighted by Crippen LogP contribution is 2.32. The van der Waals surface area contributed by atoms with Crippen molar-refractivity contribution in [1.29, 1.82) is 0 Å². The number of halogens is 6. The van der Waals surface area contributed by atoms with E-state index < -0.39 is 36.5 Å². The number of nitrogens with one attached hydrogen (secondary N) is 1. The molecule has 21 heavy (non-hydrogen) atoms. The summed E-state index contributed by atoms with van der Waals surface area (Å²) in [7, 11) is 0. The van der Waals surface area contributed by atoms with Crippen LogP contribution in [-0.4, -0.2) is 24.4 Å². The number of rotatable bonds is 5. The van der Waals surface area contributed by atoms with E-state index in [4.69, 9.17) is 0 Å². The lowest BCUT2D eigenvalue weighted by Gasteiger charge is -2.25. The lowest BCUT2D eigenvalue weighted by molar-refractivity contribution is -0.138. The van der Waals surface area contributed by atoms with Crippen molar-refractivity contribution >= 4 is 0 Å². The topological polar surface area (TPSA) is 32.3 Å². The van der Waals surface area contributed by atoms with Crippen LogP contribution in [0.2, 0.25) is 0 Å². The summed E-state index contributed by atoms with van der Waals surface area (Å²) in [5.41, 5.74) is -2.64. The minimum atomic E-state index is -4.55. The van der Waals surface area contributed by atoms with Crippen molar-refractivity contribution in [2.45, 2.75) is 31.3 Å². The second kappa shape index (κ2) is 6.23. The van der Waals surface area contributed by atoms with Crippen molar-refractivity contribution in [2.75, 3.05) is 13.1 Å². The van der Waals surface area contributed by atoms with Gasteiger partial charge in [0.15, 0.2) is 0 Å². The van der Waals surface area contributed by atoms with Gasteiger partial charge in [0.05, 0.1) is 17.6 Å². The van der Waals surface area contributed by atoms with E-state index in [1.165, 1.54) is 13.0 Å². The minimum Gasteiger partial charge on any atom is -0.384 e. The van der Waals surface area contributed by atoms with Crippen LogP contribution in [0.4, 0.5) is 26.3 Å². The Bertz CT molecular complexity index is 466. The second-order valence-electron chi connectivity index (χ2n) is 4.89. The van der Waals surface area contributed by atoms with Crippen LogP contribution in [0.15, 0.2) is 24.3 Å². The van der Waals surface area contributed by atoms with Crippen molar-refractivity contribution in [2.24, 2.45) is 0 Å². The van der Waals surface area contributed by atoms with Gasteiger partial charge in [0.2, 0.25) is 0 Å². The Morgan fingerprint density at radius 3 is 2.14 bits per heavy atom. The highest BCUT2D eigenvalue weighted by atomic mass is 19.4. The molecule has 1 unspecified atom stereocenters. The Labute approximate surface area is 117 Å². The predicted molar refractivity (Wildman–Crippen MR) is 64.6 cm³/mol. The summed E-state index contributed by atoms with van der Waals surface area (Å²) in [6.07, 6.45) is -9.95. The van der Waals surface area contributed by atoms with Crippen molar-refractivity contribution in [3.05, 3.63) is 35.4 Å². The Morgan fingerprint density at radius 1 is 1.05 bits per heavy atom. The molecule has 0 spiro atoms. The van der Waals surface area contributed by atoms with E-state index in [1.807, 2.05) is 0 Å². The first kappa shape index (κ1) is 17.8. The van der Waals surface area contributed by atoms with Crippen molar-refractivity contribution < 1.29 is 31.4 Å². The highest BCUT2D eigenvalue weighted by Gasteiger charge is 2.33. The van der Waals surface area contributed by atoms with Gasteiger partial charge in [-0.05, 0) is 24.6 Å². The fraction of sp³-hybridized carbons (Fsp3) is 0.538. The Hall–Kier alpha value is -1.28. The van der Waals surface area contributed by atoms with Crippen LogP contribution in [-0.2, 0) is 11.8 Å². The summed E-state index contributed by atoms with van der Waals surface area (Å²) in [4.78, 5) is 0. The van der Waals surface area contributed by atoms with Gasteiger partial charge in [0, 0.05) is 13.1 Å². The molecule has 0 saturated carbocycles. The largest absolute Gasteiger partial charge is 0.416 e. The molecule has 0 fully saturated rings. The molecular weight excluding hydrogens is 300 g/mol. The predicted octanol–water partition coefficient (Wildman–Crippen LogP) is 3.45. The molecule has 0 aliphatic rings. The van der Waals surface area contributed by atoms with Gasteiger partial charge < -0.3 is 10.4 Å². The number of benzene rings is 1. The van der Waals surface area contributed by atoms with Gasteiger partial charge in [-0.25, -0.2) is 0 Å². The van der Waals surface area contributed by atoms with E-state index in [0.29, 0.717) is 0 Å². The highest BCUT2D eigenvalue weighted by molar-refractivity contribution is 5.29. The van der Waals surface area contributed by atoms with Crippen LogP contribution in [0.5, 0.6) is 0 Å². The molecule has 2 nitrogen and oxygen atoms in total. The van der Waals surface area contributed by atoms with Crippen molar-refractivity contribution in [3.8, 4) is 0 Å². The molecule has 8 heteroatoms. The van der Waals surface area contributed by atoms with Gasteiger partial charge in [0.1, 0.15) is 0 Å². The molecule has 1 atom stereocenters. The average molecular weight is 315 g/mol. The standard InChI is InChI=1S/C13H15F6NO/c1-11(21,8-20-6-5-12(14,15)16)9-3-2-4-10(7-9)13(17,18)19/h2-4,7,20-21H,5-6,8H2,1H3. The molecule has 2 N–H and O–H groups in total. The van der Waals surface area contributed by atoms with Crippen LogP contribution < -0.4 is 5.32 Å². The van der Waals surface area contributed by atoms with E-state index in [9.17, 15) is 31.4 Å². The Morgan fingerprint density at radius 2 is 1.62 bits per heavy atom. The normalized spacial score (nSPS) is 15.8. The second-order valence-corrected chi connectivity index (χ2v) is 4.89. The van der Waals surface area contributed by atoms with E-state index in [-0.39, 0.29) is 12.1 Å². The maximum Gasteiger partial charge on any atom is 0.416 e. The quantitative estimate of drug-likeness (QED) is 0.644. The van der Waals surface area contributed by atoms with Crippen LogP contribution >= 0.6 is 0 Å². The van der Waals surface area contributed by atoms with E-state index in [1.54, 1.807) is 0 Å². The van der Waals surface area contributed by atoms with Gasteiger partial charge in [-0.3, -0.25) is 0 Å². The first-order valence-electron chi connectivity index (χ1n) is 6.09. The summed E-state index contributed by atoms with van der Waals surface area (Å²) in [6, 6.07) is 4.07. The number of hydrogen-bond acceptors (Lipinski definition) is 2. The van der Waals surface area contributed by atoms with Gasteiger partial charge in [-0.2, -0.15) is 26.3 Å². The zero-order chi connectivity index (χ0) is 16.3. The molecule has 0 amide bonds. The summed E-state index contributed by atoms with van der Waals surface area (Å²) < 4.78 is 73.6. The summed E-state index contributed by atoms with van der Waals surface area (Å²) in [6.45, 7) is 0.534. The molecule has 0 aromatic heterocycles. The molecule has 0 saturated heterocycles. The minimum absolute atomic E-state index is 0.0168. The van der Waals surface area contributed by atoms with Gasteiger partial charge in [-0.1, -0.05) is 12.1 Å². The molecule has 0 aliphatic carbocycles. The first-order valence-corrected chi connectivity index (χ1v) is 6.09. The third-order valence-corrected chi connectivity index (χ3v) is 2.87. The average Bonchev–Trinajstić information content (AvgIpc) is 2.33. The molecular formula is C13H15F6NO. The molecule has 0 bridgehead atoms. The third-order valence-electron chi connectivity index (χ3n) is 2.87. The maximum absolute atomic E-state index is 12.6. The summed E-state index contributed by atoms with van der Waals surface area (Å²) in [5.74, 6) is 0. The summed E-state index contributed by atoms with van der Waals surface area (Å²) in [5, 5.41) is 12.5. The first-order chi connectivity index (χ1) is 9.42. The zero-order valence-corrected chi connectivity index (χ0v) is 11.1. The lowest BCUT2D eigenvalue weighted by atomic mass is 9.94. The van der Waals surface area contributed by atoms with Crippen LogP contribution in [0.3, 0.4) is 0 Å². The Kier molecular flexibility index (Phi) is 5.27. The molecule has 1 aromatic carbocycles. The van der Waals surface area contributed by atoms with Crippen LogP contribution in [0.1, 0.15) is 24.5 Å². The van der Waals surface area contributed by atoms with Crippen LogP contribution in [0.25, 0.3) is 0 Å². The molecule has 120 valence electrons. The van der Waals surface area contributed by atoms with Gasteiger partial charge >= 0.3 is 12.4 Å². The molecule has 0 heterocycles.